The zero-order valence-electron chi connectivity index (χ0n) is 7.42. The molecule has 0 aromatic rings. The van der Waals surface area contributed by atoms with E-state index in [2.05, 4.69) is 10.2 Å². The molecular formula is C6H14Cl2N4O2. The van der Waals surface area contributed by atoms with Crippen molar-refractivity contribution in [1.29, 1.82) is 0 Å². The molecule has 5 N–H and O–H groups in total. The molecule has 0 spiro atoms. The minimum Gasteiger partial charge on any atom is -0.480 e. The Kier molecular flexibility index (Phi) is 7.01. The number of hydrogen-bond donors (Lipinski definition) is 3. The van der Waals surface area contributed by atoms with Gasteiger partial charge in [-0.25, -0.2) is 0 Å². The number of nitrogens with two attached hydrogens (primary N) is 2. The summed E-state index contributed by atoms with van der Waals surface area (Å²) in [6, 6.07) is -0.897. The van der Waals surface area contributed by atoms with Crippen molar-refractivity contribution < 1.29 is 9.90 Å². The number of rotatable bonds is 5. The highest BCUT2D eigenvalue weighted by Gasteiger charge is 2.41. The Morgan fingerprint density at radius 1 is 1.43 bits per heavy atom. The van der Waals surface area contributed by atoms with Crippen molar-refractivity contribution in [2.24, 2.45) is 21.7 Å². The van der Waals surface area contributed by atoms with Crippen LogP contribution in [0.3, 0.4) is 0 Å². The van der Waals surface area contributed by atoms with Gasteiger partial charge in [-0.3, -0.25) is 4.79 Å². The second-order valence-electron chi connectivity index (χ2n) is 2.87. The van der Waals surface area contributed by atoms with Crippen molar-refractivity contribution in [3.05, 3.63) is 0 Å². The first kappa shape index (κ1) is 16.0. The molecule has 0 amide bonds. The molecule has 1 heterocycles. The molecule has 84 valence electrons. The van der Waals surface area contributed by atoms with Gasteiger partial charge in [0.05, 0.1) is 0 Å². The highest BCUT2D eigenvalue weighted by molar-refractivity contribution is 5.85. The Morgan fingerprint density at radius 2 is 1.93 bits per heavy atom. The summed E-state index contributed by atoms with van der Waals surface area (Å²) in [5, 5.41) is 16.0. The van der Waals surface area contributed by atoms with Gasteiger partial charge in [-0.05, 0) is 6.54 Å². The number of carbonyl (C=O) groups is 1. The van der Waals surface area contributed by atoms with E-state index < -0.39 is 17.7 Å². The molecule has 0 unspecified atom stereocenters. The molecule has 0 aromatic heterocycles. The van der Waals surface area contributed by atoms with E-state index in [9.17, 15) is 4.79 Å². The summed E-state index contributed by atoms with van der Waals surface area (Å²) in [5.41, 5.74) is 10.0. The molecule has 0 saturated carbocycles. The van der Waals surface area contributed by atoms with Gasteiger partial charge in [0.25, 0.3) is 0 Å². The van der Waals surface area contributed by atoms with E-state index >= 15 is 0 Å². The molecule has 1 aliphatic heterocycles. The van der Waals surface area contributed by atoms with Crippen LogP contribution in [0.15, 0.2) is 10.2 Å². The Hall–Kier alpha value is -0.430. The average Bonchev–Trinajstić information content (AvgIpc) is 2.69. The van der Waals surface area contributed by atoms with Crippen molar-refractivity contribution in [2.45, 2.75) is 24.5 Å². The lowest BCUT2D eigenvalue weighted by Crippen LogP contribution is -2.36. The molecule has 0 bridgehead atoms. The summed E-state index contributed by atoms with van der Waals surface area (Å²) >= 11 is 0. The smallest absolute Gasteiger partial charge is 0.320 e. The van der Waals surface area contributed by atoms with Gasteiger partial charge in [-0.1, -0.05) is 0 Å². The van der Waals surface area contributed by atoms with Gasteiger partial charge in [-0.2, -0.15) is 10.2 Å². The van der Waals surface area contributed by atoms with Crippen LogP contribution >= 0.6 is 24.8 Å². The standard InChI is InChI=1S/C6H12N4O2.2ClH/c7-2-1-6(9-10-6)3-4(8)5(11)12;;/h4H,1-3,7-8H2,(H,11,12);2*1H/t4-;;/m0../s1. The molecule has 0 aliphatic carbocycles. The normalized spacial score (nSPS) is 17.6. The first-order valence-corrected chi connectivity index (χ1v) is 3.72. The Balaban J connectivity index is 0. The lowest BCUT2D eigenvalue weighted by atomic mass is 10.0. The van der Waals surface area contributed by atoms with Crippen LogP contribution in [-0.2, 0) is 4.79 Å². The number of halogens is 2. The second-order valence-corrected chi connectivity index (χ2v) is 2.87. The Bertz CT molecular complexity index is 218. The quantitative estimate of drug-likeness (QED) is 0.639. The van der Waals surface area contributed by atoms with Crippen LogP contribution in [0.4, 0.5) is 0 Å². The fourth-order valence-corrected chi connectivity index (χ4v) is 1.03. The van der Waals surface area contributed by atoms with Gasteiger partial charge >= 0.3 is 5.97 Å². The predicted octanol–water partition coefficient (Wildman–Crippen LogP) is 0.143. The van der Waals surface area contributed by atoms with Gasteiger partial charge in [-0.15, -0.1) is 24.8 Å². The summed E-state index contributed by atoms with van der Waals surface area (Å²) in [6.45, 7) is 0.444. The fourth-order valence-electron chi connectivity index (χ4n) is 1.03. The van der Waals surface area contributed by atoms with E-state index in [4.69, 9.17) is 16.6 Å². The molecule has 0 radical (unpaired) electrons. The Morgan fingerprint density at radius 3 is 2.21 bits per heavy atom. The molecule has 6 nitrogen and oxygen atoms in total. The van der Waals surface area contributed by atoms with E-state index in [1.807, 2.05) is 0 Å². The van der Waals surface area contributed by atoms with Gasteiger partial charge in [0.1, 0.15) is 6.04 Å². The van der Waals surface area contributed by atoms with Crippen molar-refractivity contribution in [3.8, 4) is 0 Å². The van der Waals surface area contributed by atoms with E-state index in [-0.39, 0.29) is 31.2 Å². The molecular weight excluding hydrogens is 231 g/mol. The third-order valence-corrected chi connectivity index (χ3v) is 1.79. The molecule has 14 heavy (non-hydrogen) atoms. The fraction of sp³-hybridized carbons (Fsp3) is 0.833. The van der Waals surface area contributed by atoms with Crippen LogP contribution < -0.4 is 11.5 Å². The topological polar surface area (TPSA) is 114 Å². The van der Waals surface area contributed by atoms with Gasteiger partial charge in [0.2, 0.25) is 0 Å². The van der Waals surface area contributed by atoms with Crippen LogP contribution in [0.5, 0.6) is 0 Å². The molecule has 0 fully saturated rings. The SMILES string of the molecule is Cl.Cl.NCCC1(C[C@H](N)C(=O)O)N=N1. The summed E-state index contributed by atoms with van der Waals surface area (Å²) in [5.74, 6) is -1.02. The maximum absolute atomic E-state index is 10.4. The van der Waals surface area contributed by atoms with Crippen molar-refractivity contribution >= 4 is 30.8 Å². The average molecular weight is 245 g/mol. The first-order valence-electron chi connectivity index (χ1n) is 3.72. The predicted molar refractivity (Wildman–Crippen MR) is 56.0 cm³/mol. The van der Waals surface area contributed by atoms with Crippen LogP contribution in [0.1, 0.15) is 12.8 Å². The molecule has 0 aromatic carbocycles. The minimum absolute atomic E-state index is 0. The molecule has 1 atom stereocenters. The van der Waals surface area contributed by atoms with Crippen LogP contribution in [0, 0.1) is 0 Å². The van der Waals surface area contributed by atoms with E-state index in [1.54, 1.807) is 0 Å². The molecule has 0 saturated heterocycles. The second kappa shape index (κ2) is 6.13. The van der Waals surface area contributed by atoms with Crippen molar-refractivity contribution in [1.82, 2.24) is 0 Å². The third-order valence-electron chi connectivity index (χ3n) is 1.79. The number of hydrogen-bond acceptors (Lipinski definition) is 5. The van der Waals surface area contributed by atoms with Gasteiger partial charge < -0.3 is 16.6 Å². The number of carboxylic acids is 1. The lowest BCUT2D eigenvalue weighted by molar-refractivity contribution is -0.138. The molecule has 1 aliphatic rings. The highest BCUT2D eigenvalue weighted by atomic mass is 35.5. The largest absolute Gasteiger partial charge is 0.480 e. The number of aliphatic carboxylic acids is 1. The van der Waals surface area contributed by atoms with E-state index in [0.717, 1.165) is 0 Å². The third kappa shape index (κ3) is 4.19. The molecule has 1 rings (SSSR count). The van der Waals surface area contributed by atoms with Crippen molar-refractivity contribution in [2.75, 3.05) is 6.54 Å². The maximum Gasteiger partial charge on any atom is 0.320 e. The van der Waals surface area contributed by atoms with Crippen LogP contribution in [-0.4, -0.2) is 29.3 Å². The maximum atomic E-state index is 10.4. The van der Waals surface area contributed by atoms with Gasteiger partial charge in [0.15, 0.2) is 5.66 Å². The summed E-state index contributed by atoms with van der Waals surface area (Å²) in [4.78, 5) is 10.4. The number of nitrogens with zero attached hydrogens (tertiary/aromatic N) is 2. The zero-order chi connectivity index (χ0) is 9.19. The summed E-state index contributed by atoms with van der Waals surface area (Å²) in [6.07, 6.45) is 0.827. The van der Waals surface area contributed by atoms with Crippen LogP contribution in [0.2, 0.25) is 0 Å². The van der Waals surface area contributed by atoms with E-state index in [1.165, 1.54) is 0 Å². The van der Waals surface area contributed by atoms with E-state index in [0.29, 0.717) is 13.0 Å². The van der Waals surface area contributed by atoms with Crippen molar-refractivity contribution in [3.63, 3.8) is 0 Å². The highest BCUT2D eigenvalue weighted by Crippen LogP contribution is 2.35. The summed E-state index contributed by atoms with van der Waals surface area (Å²) in [7, 11) is 0. The Labute approximate surface area is 93.9 Å². The molecule has 8 heteroatoms. The summed E-state index contributed by atoms with van der Waals surface area (Å²) < 4.78 is 0. The lowest BCUT2D eigenvalue weighted by Gasteiger charge is -2.11. The zero-order valence-corrected chi connectivity index (χ0v) is 9.05. The monoisotopic (exact) mass is 244 g/mol. The number of carboxylic acid groups (broad SMARTS) is 1. The first-order chi connectivity index (χ1) is 5.59. The minimum atomic E-state index is -1.02. The van der Waals surface area contributed by atoms with Gasteiger partial charge in [0, 0.05) is 12.8 Å². The van der Waals surface area contributed by atoms with Crippen LogP contribution in [0.25, 0.3) is 0 Å².